The molecule has 1 aliphatic heterocycles. The lowest BCUT2D eigenvalue weighted by Gasteiger charge is -2.21. The summed E-state index contributed by atoms with van der Waals surface area (Å²) in [6.45, 7) is 1.84. The molecule has 0 saturated carbocycles. The number of nitrogens with zero attached hydrogens (tertiary/aromatic N) is 1. The van der Waals surface area contributed by atoms with Gasteiger partial charge < -0.3 is 4.74 Å². The molecule has 0 radical (unpaired) electrons. The molecule has 0 aromatic carbocycles. The number of carbonyl (C=O) groups is 2. The molecule has 0 aromatic rings. The molecule has 2 unspecified atom stereocenters. The second-order valence-corrected chi connectivity index (χ2v) is 3.00. The fourth-order valence-corrected chi connectivity index (χ4v) is 1.19. The lowest BCUT2D eigenvalue weighted by molar-refractivity contribution is -0.144. The highest BCUT2D eigenvalue weighted by molar-refractivity contribution is 5.89. The van der Waals surface area contributed by atoms with Gasteiger partial charge in [0.1, 0.15) is 0 Å². The van der Waals surface area contributed by atoms with E-state index < -0.39 is 0 Å². The Morgan fingerprint density at radius 3 is 3.00 bits per heavy atom. The van der Waals surface area contributed by atoms with Gasteiger partial charge in [0.15, 0.2) is 0 Å². The molecule has 1 heterocycles. The molecule has 1 rings (SSSR count). The van der Waals surface area contributed by atoms with E-state index in [2.05, 4.69) is 15.3 Å². The lowest BCUT2D eigenvalue weighted by Crippen LogP contribution is -2.37. The van der Waals surface area contributed by atoms with Crippen LogP contribution >= 0.6 is 0 Å². The van der Waals surface area contributed by atoms with Gasteiger partial charge in [-0.1, -0.05) is 6.92 Å². The van der Waals surface area contributed by atoms with Crippen molar-refractivity contribution in [1.29, 1.82) is 0 Å². The molecule has 72 valence electrons. The maximum atomic E-state index is 11.2. The first-order valence-electron chi connectivity index (χ1n) is 4.05. The van der Waals surface area contributed by atoms with Crippen LogP contribution in [-0.4, -0.2) is 25.2 Å². The standard InChI is InChI=1S/C8H12N2O3/c1-5-4-9-10-8(12)6(5)3-7(11)13-2/h4-6H,3H2,1-2H3,(H,10,12). The molecule has 1 aliphatic rings. The van der Waals surface area contributed by atoms with Gasteiger partial charge in [0, 0.05) is 12.1 Å². The molecule has 0 bridgehead atoms. The van der Waals surface area contributed by atoms with Crippen LogP contribution in [-0.2, 0) is 14.3 Å². The minimum Gasteiger partial charge on any atom is -0.469 e. The molecular formula is C8H12N2O3. The average Bonchev–Trinajstić information content (AvgIpc) is 2.11. The topological polar surface area (TPSA) is 67.8 Å². The number of carbonyl (C=O) groups excluding carboxylic acids is 2. The van der Waals surface area contributed by atoms with Gasteiger partial charge in [-0.25, -0.2) is 5.43 Å². The monoisotopic (exact) mass is 184 g/mol. The predicted molar refractivity (Wildman–Crippen MR) is 45.9 cm³/mol. The summed E-state index contributed by atoms with van der Waals surface area (Å²) in [6.07, 6.45) is 1.73. The van der Waals surface area contributed by atoms with Crippen LogP contribution in [0.15, 0.2) is 5.10 Å². The third kappa shape index (κ3) is 2.27. The van der Waals surface area contributed by atoms with E-state index in [1.807, 2.05) is 6.92 Å². The zero-order valence-corrected chi connectivity index (χ0v) is 7.61. The fraction of sp³-hybridized carbons (Fsp3) is 0.625. The molecule has 13 heavy (non-hydrogen) atoms. The van der Waals surface area contributed by atoms with Crippen molar-refractivity contribution in [1.82, 2.24) is 5.43 Å². The van der Waals surface area contributed by atoms with E-state index in [0.29, 0.717) is 0 Å². The summed E-state index contributed by atoms with van der Waals surface area (Å²) in [5.74, 6) is -0.972. The Kier molecular flexibility index (Phi) is 3.00. The van der Waals surface area contributed by atoms with Crippen LogP contribution in [0.25, 0.3) is 0 Å². The van der Waals surface area contributed by atoms with Gasteiger partial charge in [-0.15, -0.1) is 0 Å². The third-order valence-corrected chi connectivity index (χ3v) is 2.07. The quantitative estimate of drug-likeness (QED) is 0.610. The molecule has 1 amide bonds. The number of hydrogen-bond acceptors (Lipinski definition) is 4. The Hall–Kier alpha value is -1.39. The molecular weight excluding hydrogens is 172 g/mol. The van der Waals surface area contributed by atoms with Crippen LogP contribution in [0, 0.1) is 11.8 Å². The van der Waals surface area contributed by atoms with E-state index in [9.17, 15) is 9.59 Å². The Labute approximate surface area is 76.1 Å². The van der Waals surface area contributed by atoms with Crippen LogP contribution in [0.4, 0.5) is 0 Å². The summed E-state index contributed by atoms with van der Waals surface area (Å²) in [5, 5.41) is 3.65. The van der Waals surface area contributed by atoms with Crippen molar-refractivity contribution in [3.05, 3.63) is 0 Å². The molecule has 0 fully saturated rings. The average molecular weight is 184 g/mol. The van der Waals surface area contributed by atoms with E-state index >= 15 is 0 Å². The van der Waals surface area contributed by atoms with Crippen LogP contribution in [0.2, 0.25) is 0 Å². The number of methoxy groups -OCH3 is 1. The normalized spacial score (nSPS) is 26.8. The van der Waals surface area contributed by atoms with E-state index in [1.165, 1.54) is 7.11 Å². The Morgan fingerprint density at radius 1 is 1.77 bits per heavy atom. The number of ether oxygens (including phenoxy) is 1. The number of hydrazone groups is 1. The number of hydrogen-bond donors (Lipinski definition) is 1. The predicted octanol–water partition coefficient (Wildman–Crippen LogP) is -0.0826. The first-order chi connectivity index (χ1) is 6.15. The highest BCUT2D eigenvalue weighted by Gasteiger charge is 2.29. The minimum absolute atomic E-state index is 0.0205. The highest BCUT2D eigenvalue weighted by Crippen LogP contribution is 2.17. The van der Waals surface area contributed by atoms with Crippen LogP contribution in [0.3, 0.4) is 0 Å². The molecule has 0 aromatic heterocycles. The van der Waals surface area contributed by atoms with E-state index in [1.54, 1.807) is 6.21 Å². The number of amides is 1. The van der Waals surface area contributed by atoms with Gasteiger partial charge in [0.25, 0.3) is 0 Å². The fourth-order valence-electron chi connectivity index (χ4n) is 1.19. The zero-order valence-electron chi connectivity index (χ0n) is 7.61. The van der Waals surface area contributed by atoms with E-state index in [0.717, 1.165) is 0 Å². The molecule has 0 saturated heterocycles. The van der Waals surface area contributed by atoms with Crippen molar-refractivity contribution in [2.24, 2.45) is 16.9 Å². The second kappa shape index (κ2) is 4.02. The third-order valence-electron chi connectivity index (χ3n) is 2.07. The lowest BCUT2D eigenvalue weighted by atomic mass is 9.90. The largest absolute Gasteiger partial charge is 0.469 e. The second-order valence-electron chi connectivity index (χ2n) is 3.00. The van der Waals surface area contributed by atoms with E-state index in [-0.39, 0.29) is 30.1 Å². The van der Waals surface area contributed by atoms with Crippen molar-refractivity contribution in [2.75, 3.05) is 7.11 Å². The van der Waals surface area contributed by atoms with Crippen molar-refractivity contribution in [3.8, 4) is 0 Å². The summed E-state index contributed by atoms with van der Waals surface area (Å²) < 4.78 is 4.49. The molecule has 0 spiro atoms. The molecule has 1 N–H and O–H groups in total. The van der Waals surface area contributed by atoms with Crippen molar-refractivity contribution < 1.29 is 14.3 Å². The Balaban J connectivity index is 2.61. The smallest absolute Gasteiger partial charge is 0.306 e. The van der Waals surface area contributed by atoms with Gasteiger partial charge >= 0.3 is 5.97 Å². The van der Waals surface area contributed by atoms with Crippen molar-refractivity contribution >= 4 is 18.1 Å². The van der Waals surface area contributed by atoms with Crippen molar-refractivity contribution in [2.45, 2.75) is 13.3 Å². The number of rotatable bonds is 2. The summed E-state index contributed by atoms with van der Waals surface area (Å²) in [6, 6.07) is 0. The first kappa shape index (κ1) is 9.70. The first-order valence-corrected chi connectivity index (χ1v) is 4.05. The maximum Gasteiger partial charge on any atom is 0.306 e. The molecule has 5 heteroatoms. The van der Waals surface area contributed by atoms with Crippen LogP contribution < -0.4 is 5.43 Å². The van der Waals surface area contributed by atoms with Gasteiger partial charge in [0.05, 0.1) is 19.4 Å². The van der Waals surface area contributed by atoms with Crippen LogP contribution in [0.1, 0.15) is 13.3 Å². The van der Waals surface area contributed by atoms with Gasteiger partial charge in [-0.2, -0.15) is 5.10 Å². The zero-order chi connectivity index (χ0) is 9.84. The SMILES string of the molecule is COC(=O)CC1C(=O)NN=CC1C. The summed E-state index contributed by atoms with van der Waals surface area (Å²) in [4.78, 5) is 22.1. The van der Waals surface area contributed by atoms with Gasteiger partial charge in [-0.05, 0) is 0 Å². The van der Waals surface area contributed by atoms with Crippen LogP contribution in [0.5, 0.6) is 0 Å². The summed E-state index contributed by atoms with van der Waals surface area (Å²) >= 11 is 0. The number of nitrogens with one attached hydrogen (secondary N) is 1. The Morgan fingerprint density at radius 2 is 2.46 bits per heavy atom. The molecule has 2 atom stereocenters. The highest BCUT2D eigenvalue weighted by atomic mass is 16.5. The molecule has 0 aliphatic carbocycles. The minimum atomic E-state index is -0.373. The Bertz CT molecular complexity index is 250. The van der Waals surface area contributed by atoms with Crippen molar-refractivity contribution in [3.63, 3.8) is 0 Å². The van der Waals surface area contributed by atoms with E-state index in [4.69, 9.17) is 0 Å². The van der Waals surface area contributed by atoms with Gasteiger partial charge in [0.2, 0.25) is 5.91 Å². The molecule has 5 nitrogen and oxygen atoms in total. The number of esters is 1. The maximum absolute atomic E-state index is 11.2. The summed E-state index contributed by atoms with van der Waals surface area (Å²) in [7, 11) is 1.31. The summed E-state index contributed by atoms with van der Waals surface area (Å²) in [5.41, 5.74) is 2.31. The van der Waals surface area contributed by atoms with Gasteiger partial charge in [-0.3, -0.25) is 9.59 Å².